The Labute approximate surface area is 177 Å². The minimum Gasteiger partial charge on any atom is -0.493 e. The lowest BCUT2D eigenvalue weighted by atomic mass is 10.1. The molecular formula is C21H21N3O5S. The number of ketones is 1. The number of benzene rings is 2. The second-order valence-corrected chi connectivity index (χ2v) is 7.05. The van der Waals surface area contributed by atoms with Crippen LogP contribution >= 0.6 is 11.3 Å². The fraction of sp³-hybridized carbons (Fsp3) is 0.190. The number of rotatable bonds is 8. The first-order chi connectivity index (χ1) is 14.5. The van der Waals surface area contributed by atoms with E-state index in [9.17, 15) is 9.59 Å². The monoisotopic (exact) mass is 427 g/mol. The van der Waals surface area contributed by atoms with Crippen molar-refractivity contribution >= 4 is 39.7 Å². The number of nitrogens with zero attached hydrogens (tertiary/aromatic N) is 1. The summed E-state index contributed by atoms with van der Waals surface area (Å²) in [5.41, 5.74) is 7.53. The van der Waals surface area contributed by atoms with Crippen molar-refractivity contribution in [3.63, 3.8) is 0 Å². The lowest BCUT2D eigenvalue weighted by Gasteiger charge is -2.08. The van der Waals surface area contributed by atoms with E-state index in [1.807, 2.05) is 0 Å². The van der Waals surface area contributed by atoms with Crippen LogP contribution in [-0.2, 0) is 4.74 Å². The highest BCUT2D eigenvalue weighted by atomic mass is 32.1. The van der Waals surface area contributed by atoms with Gasteiger partial charge in [-0.3, -0.25) is 4.79 Å². The lowest BCUT2D eigenvalue weighted by Crippen LogP contribution is -2.04. The van der Waals surface area contributed by atoms with Gasteiger partial charge in [-0.05, 0) is 49.4 Å². The normalized spacial score (nSPS) is 10.4. The quantitative estimate of drug-likeness (QED) is 0.411. The average molecular weight is 427 g/mol. The van der Waals surface area contributed by atoms with Crippen molar-refractivity contribution in [1.29, 1.82) is 0 Å². The molecule has 0 aliphatic heterocycles. The largest absolute Gasteiger partial charge is 0.493 e. The van der Waals surface area contributed by atoms with E-state index in [4.69, 9.17) is 19.9 Å². The van der Waals surface area contributed by atoms with Crippen LogP contribution in [0.2, 0.25) is 0 Å². The van der Waals surface area contributed by atoms with E-state index in [-0.39, 0.29) is 17.6 Å². The summed E-state index contributed by atoms with van der Waals surface area (Å²) in [5.74, 6) is 0.457. The molecule has 0 spiro atoms. The SMILES string of the molecule is CCOC(=O)c1ccc(Nc2nc(N)c(C(=O)c3ccc(OC)c(OC)c3)s2)cc1. The van der Waals surface area contributed by atoms with Crippen LogP contribution in [0.3, 0.4) is 0 Å². The predicted octanol–water partition coefficient (Wildman–Crippen LogP) is 3.89. The maximum Gasteiger partial charge on any atom is 0.338 e. The van der Waals surface area contributed by atoms with Crippen LogP contribution in [0.5, 0.6) is 11.5 Å². The molecule has 0 unspecified atom stereocenters. The molecule has 0 radical (unpaired) electrons. The molecule has 3 rings (SSSR count). The summed E-state index contributed by atoms with van der Waals surface area (Å²) >= 11 is 1.14. The number of carbonyl (C=O) groups excluding carboxylic acids is 2. The first-order valence-electron chi connectivity index (χ1n) is 9.04. The highest BCUT2D eigenvalue weighted by Crippen LogP contribution is 2.33. The topological polar surface area (TPSA) is 113 Å². The number of carbonyl (C=O) groups is 2. The van der Waals surface area contributed by atoms with Crippen LogP contribution < -0.4 is 20.5 Å². The summed E-state index contributed by atoms with van der Waals surface area (Å²) in [6, 6.07) is 11.6. The third-order valence-electron chi connectivity index (χ3n) is 4.15. The van der Waals surface area contributed by atoms with Gasteiger partial charge in [0.05, 0.1) is 26.4 Å². The van der Waals surface area contributed by atoms with Crippen molar-refractivity contribution in [1.82, 2.24) is 4.98 Å². The van der Waals surface area contributed by atoms with Crippen LogP contribution in [0.25, 0.3) is 0 Å². The summed E-state index contributed by atoms with van der Waals surface area (Å²) in [5, 5.41) is 3.55. The number of ether oxygens (including phenoxy) is 3. The minimum absolute atomic E-state index is 0.130. The average Bonchev–Trinajstić information content (AvgIpc) is 3.13. The van der Waals surface area contributed by atoms with Crippen molar-refractivity contribution in [2.75, 3.05) is 31.9 Å². The Morgan fingerprint density at radius 1 is 1.03 bits per heavy atom. The summed E-state index contributed by atoms with van der Waals surface area (Å²) in [4.78, 5) is 29.2. The predicted molar refractivity (Wildman–Crippen MR) is 115 cm³/mol. The molecule has 0 atom stereocenters. The van der Waals surface area contributed by atoms with Crippen LogP contribution in [-0.4, -0.2) is 37.6 Å². The fourth-order valence-electron chi connectivity index (χ4n) is 2.68. The van der Waals surface area contributed by atoms with Crippen molar-refractivity contribution in [3.8, 4) is 11.5 Å². The van der Waals surface area contributed by atoms with Crippen molar-refractivity contribution in [3.05, 3.63) is 58.5 Å². The van der Waals surface area contributed by atoms with Crippen molar-refractivity contribution in [2.24, 2.45) is 0 Å². The Balaban J connectivity index is 1.78. The third-order valence-corrected chi connectivity index (χ3v) is 5.14. The molecule has 0 saturated heterocycles. The summed E-state index contributed by atoms with van der Waals surface area (Å²) in [6.07, 6.45) is 0. The first-order valence-corrected chi connectivity index (χ1v) is 9.85. The Kier molecular flexibility index (Phi) is 6.53. The van der Waals surface area contributed by atoms with Crippen LogP contribution in [0.4, 0.5) is 16.6 Å². The summed E-state index contributed by atoms with van der Waals surface area (Å²) in [6.45, 7) is 2.07. The molecule has 8 nitrogen and oxygen atoms in total. The second-order valence-electron chi connectivity index (χ2n) is 6.06. The van der Waals surface area contributed by atoms with E-state index in [2.05, 4.69) is 10.3 Å². The smallest absolute Gasteiger partial charge is 0.338 e. The number of nitrogen functional groups attached to an aromatic ring is 1. The van der Waals surface area contributed by atoms with E-state index in [1.54, 1.807) is 49.4 Å². The molecule has 1 aromatic heterocycles. The van der Waals surface area contributed by atoms with Gasteiger partial charge in [0.25, 0.3) is 0 Å². The molecule has 9 heteroatoms. The summed E-state index contributed by atoms with van der Waals surface area (Å²) < 4.78 is 15.4. The molecule has 3 aromatic rings. The van der Waals surface area contributed by atoms with Crippen LogP contribution in [0.1, 0.15) is 32.5 Å². The van der Waals surface area contributed by atoms with E-state index < -0.39 is 0 Å². The zero-order valence-electron chi connectivity index (χ0n) is 16.7. The standard InChI is InChI=1S/C21H21N3O5S/c1-4-29-20(26)12-5-8-14(9-6-12)23-21-24-19(22)18(30-21)17(25)13-7-10-15(27-2)16(11-13)28-3/h5-11H,4,22H2,1-3H3,(H,23,24). The number of anilines is 3. The van der Waals surface area contributed by atoms with E-state index >= 15 is 0 Å². The number of nitrogens with two attached hydrogens (primary N) is 1. The van der Waals surface area contributed by atoms with Crippen molar-refractivity contribution in [2.45, 2.75) is 6.92 Å². The Hall–Kier alpha value is -3.59. The second kappa shape index (κ2) is 9.27. The van der Waals surface area contributed by atoms with Crippen LogP contribution in [0, 0.1) is 0 Å². The molecule has 0 aliphatic rings. The highest BCUT2D eigenvalue weighted by molar-refractivity contribution is 7.18. The first kappa shape index (κ1) is 21.1. The zero-order valence-corrected chi connectivity index (χ0v) is 17.5. The van der Waals surface area contributed by atoms with Crippen molar-refractivity contribution < 1.29 is 23.8 Å². The van der Waals surface area contributed by atoms with Gasteiger partial charge in [0.2, 0.25) is 5.78 Å². The maximum absolute atomic E-state index is 12.9. The van der Waals surface area contributed by atoms with Gasteiger partial charge in [-0.2, -0.15) is 0 Å². The minimum atomic E-state index is -0.384. The number of hydrogen-bond acceptors (Lipinski definition) is 9. The molecule has 30 heavy (non-hydrogen) atoms. The molecule has 0 fully saturated rings. The number of aromatic nitrogens is 1. The van der Waals surface area contributed by atoms with Gasteiger partial charge in [-0.1, -0.05) is 11.3 Å². The number of esters is 1. The van der Waals surface area contributed by atoms with Crippen LogP contribution in [0.15, 0.2) is 42.5 Å². The van der Waals surface area contributed by atoms with E-state index in [1.165, 1.54) is 14.2 Å². The highest BCUT2D eigenvalue weighted by Gasteiger charge is 2.20. The molecule has 0 aliphatic carbocycles. The molecular weight excluding hydrogens is 406 g/mol. The Bertz CT molecular complexity index is 1060. The molecule has 156 valence electrons. The molecule has 0 saturated carbocycles. The molecule has 1 heterocycles. The third kappa shape index (κ3) is 4.52. The number of methoxy groups -OCH3 is 2. The zero-order chi connectivity index (χ0) is 21.7. The lowest BCUT2D eigenvalue weighted by molar-refractivity contribution is 0.0526. The van der Waals surface area contributed by atoms with Gasteiger partial charge in [-0.25, -0.2) is 9.78 Å². The molecule has 0 amide bonds. The number of nitrogens with one attached hydrogen (secondary N) is 1. The van der Waals surface area contributed by atoms with E-state index in [0.29, 0.717) is 44.9 Å². The number of thiazole rings is 1. The molecule has 2 aromatic carbocycles. The molecule has 0 bridgehead atoms. The summed E-state index contributed by atoms with van der Waals surface area (Å²) in [7, 11) is 3.03. The van der Waals surface area contributed by atoms with Gasteiger partial charge >= 0.3 is 5.97 Å². The van der Waals surface area contributed by atoms with Gasteiger partial charge in [-0.15, -0.1) is 0 Å². The number of hydrogen-bond donors (Lipinski definition) is 2. The van der Waals surface area contributed by atoms with E-state index in [0.717, 1.165) is 11.3 Å². The van der Waals surface area contributed by atoms with Gasteiger partial charge in [0.1, 0.15) is 10.7 Å². The molecule has 3 N–H and O–H groups in total. The Morgan fingerprint density at radius 3 is 2.33 bits per heavy atom. The maximum atomic E-state index is 12.9. The fourth-order valence-corrected chi connectivity index (χ4v) is 3.55. The van der Waals surface area contributed by atoms with Gasteiger partial charge in [0, 0.05) is 11.3 Å². The van der Waals surface area contributed by atoms with Gasteiger partial charge in [0.15, 0.2) is 16.6 Å². The van der Waals surface area contributed by atoms with Gasteiger partial charge < -0.3 is 25.3 Å². The Morgan fingerprint density at radius 2 is 1.70 bits per heavy atom.